The average molecular weight is 206 g/mol. The van der Waals surface area contributed by atoms with Crippen LogP contribution in [0.5, 0.6) is 5.75 Å². The van der Waals surface area contributed by atoms with Gasteiger partial charge in [0.05, 0.1) is 0 Å². The predicted octanol–water partition coefficient (Wildman–Crippen LogP) is 4.25. The van der Waals surface area contributed by atoms with Gasteiger partial charge in [-0.05, 0) is 36.0 Å². The Morgan fingerprint density at radius 3 is 2.47 bits per heavy atom. The molecule has 0 bridgehead atoms. The summed E-state index contributed by atoms with van der Waals surface area (Å²) < 4.78 is 0. The van der Waals surface area contributed by atoms with Crippen molar-refractivity contribution in [3.8, 4) is 5.75 Å². The molecule has 0 aliphatic heterocycles. The highest BCUT2D eigenvalue weighted by molar-refractivity contribution is 5.37. The highest BCUT2D eigenvalue weighted by atomic mass is 16.3. The highest BCUT2D eigenvalue weighted by Crippen LogP contribution is 2.24. The largest absolute Gasteiger partial charge is 0.508 e. The van der Waals surface area contributed by atoms with Gasteiger partial charge < -0.3 is 5.11 Å². The minimum atomic E-state index is 0.470. The van der Waals surface area contributed by atoms with Gasteiger partial charge in [-0.3, -0.25) is 0 Å². The van der Waals surface area contributed by atoms with Crippen LogP contribution in [0.4, 0.5) is 0 Å². The Hall–Kier alpha value is -0.980. The number of hydrogen-bond acceptors (Lipinski definition) is 1. The van der Waals surface area contributed by atoms with Crippen LogP contribution in [0.3, 0.4) is 0 Å². The Bertz CT molecular complexity index is 302. The maximum Gasteiger partial charge on any atom is 0.119 e. The number of aryl methyl sites for hydroxylation is 1. The minimum absolute atomic E-state index is 0.470. The molecule has 0 amide bonds. The van der Waals surface area contributed by atoms with Gasteiger partial charge in [-0.25, -0.2) is 0 Å². The van der Waals surface area contributed by atoms with Crippen molar-refractivity contribution in [2.24, 2.45) is 0 Å². The third-order valence-corrected chi connectivity index (χ3v) is 2.83. The molecule has 1 aromatic rings. The molecule has 0 spiro atoms. The monoisotopic (exact) mass is 206 g/mol. The van der Waals surface area contributed by atoms with Gasteiger partial charge in [-0.1, -0.05) is 45.7 Å². The van der Waals surface area contributed by atoms with E-state index in [0.717, 1.165) is 12.0 Å². The molecule has 0 heterocycles. The smallest absolute Gasteiger partial charge is 0.119 e. The van der Waals surface area contributed by atoms with Gasteiger partial charge in [0.2, 0.25) is 0 Å². The zero-order valence-electron chi connectivity index (χ0n) is 10.1. The van der Waals surface area contributed by atoms with Crippen LogP contribution in [0, 0.1) is 0 Å². The summed E-state index contributed by atoms with van der Waals surface area (Å²) in [5.41, 5.74) is 2.31. The average Bonchev–Trinajstić information content (AvgIpc) is 2.20. The summed E-state index contributed by atoms with van der Waals surface area (Å²) in [6, 6.07) is 6.11. The molecular weight excluding hydrogens is 184 g/mol. The summed E-state index contributed by atoms with van der Waals surface area (Å²) in [6.45, 7) is 6.48. The first-order valence-electron chi connectivity index (χ1n) is 5.97. The molecule has 0 atom stereocenters. The third-order valence-electron chi connectivity index (χ3n) is 2.83. The lowest BCUT2D eigenvalue weighted by molar-refractivity contribution is 0.465. The highest BCUT2D eigenvalue weighted by Gasteiger charge is 2.04. The molecule has 1 N–H and O–H groups in total. The lowest BCUT2D eigenvalue weighted by Crippen LogP contribution is -1.91. The van der Waals surface area contributed by atoms with Crippen molar-refractivity contribution >= 4 is 0 Å². The number of aromatic hydroxyl groups is 1. The molecule has 0 aliphatic carbocycles. The molecule has 0 unspecified atom stereocenters. The standard InChI is InChI=1S/C14H22O/c1-4-5-6-7-12-8-9-13(11(2)3)10-14(12)15/h8-11,15H,4-7H2,1-3H3. The van der Waals surface area contributed by atoms with E-state index in [1.807, 2.05) is 6.07 Å². The summed E-state index contributed by atoms with van der Waals surface area (Å²) in [6.07, 6.45) is 4.64. The van der Waals surface area contributed by atoms with Crippen LogP contribution < -0.4 is 0 Å². The molecule has 1 aromatic carbocycles. The topological polar surface area (TPSA) is 20.2 Å². The summed E-state index contributed by atoms with van der Waals surface area (Å²) >= 11 is 0. The van der Waals surface area contributed by atoms with E-state index in [0.29, 0.717) is 11.7 Å². The molecule has 1 rings (SSSR count). The van der Waals surface area contributed by atoms with Gasteiger partial charge in [0.15, 0.2) is 0 Å². The lowest BCUT2D eigenvalue weighted by atomic mass is 9.98. The first-order chi connectivity index (χ1) is 7.15. The molecule has 0 aliphatic rings. The fraction of sp³-hybridized carbons (Fsp3) is 0.571. The normalized spacial score (nSPS) is 10.9. The van der Waals surface area contributed by atoms with Crippen molar-refractivity contribution in [1.82, 2.24) is 0 Å². The van der Waals surface area contributed by atoms with E-state index in [-0.39, 0.29) is 0 Å². The zero-order chi connectivity index (χ0) is 11.3. The lowest BCUT2D eigenvalue weighted by Gasteiger charge is -2.09. The van der Waals surface area contributed by atoms with Crippen LogP contribution in [0.15, 0.2) is 18.2 Å². The van der Waals surface area contributed by atoms with E-state index in [1.165, 1.54) is 24.8 Å². The molecule has 15 heavy (non-hydrogen) atoms. The van der Waals surface area contributed by atoms with Crippen molar-refractivity contribution in [3.63, 3.8) is 0 Å². The molecule has 0 saturated carbocycles. The third kappa shape index (κ3) is 3.58. The van der Waals surface area contributed by atoms with Crippen LogP contribution in [0.1, 0.15) is 57.1 Å². The number of phenolic OH excluding ortho intramolecular Hbond substituents is 1. The number of unbranched alkanes of at least 4 members (excludes halogenated alkanes) is 2. The first-order valence-corrected chi connectivity index (χ1v) is 5.97. The Labute approximate surface area is 93.1 Å². The van der Waals surface area contributed by atoms with E-state index >= 15 is 0 Å². The van der Waals surface area contributed by atoms with E-state index in [2.05, 4.69) is 32.9 Å². The van der Waals surface area contributed by atoms with Crippen molar-refractivity contribution in [1.29, 1.82) is 0 Å². The summed E-state index contributed by atoms with van der Waals surface area (Å²) in [5.74, 6) is 0.956. The van der Waals surface area contributed by atoms with E-state index in [4.69, 9.17) is 0 Å². The Morgan fingerprint density at radius 2 is 1.93 bits per heavy atom. The molecule has 1 heteroatoms. The fourth-order valence-corrected chi connectivity index (χ4v) is 1.72. The molecule has 0 radical (unpaired) electrons. The molecule has 0 fully saturated rings. The fourth-order valence-electron chi connectivity index (χ4n) is 1.72. The Balaban J connectivity index is 2.66. The van der Waals surface area contributed by atoms with Crippen LogP contribution in [0.2, 0.25) is 0 Å². The first kappa shape index (κ1) is 12.1. The van der Waals surface area contributed by atoms with Gasteiger partial charge in [-0.15, -0.1) is 0 Å². The van der Waals surface area contributed by atoms with Gasteiger partial charge in [0.25, 0.3) is 0 Å². The van der Waals surface area contributed by atoms with Crippen molar-refractivity contribution in [2.75, 3.05) is 0 Å². The predicted molar refractivity (Wildman–Crippen MR) is 65.4 cm³/mol. The second kappa shape index (κ2) is 5.79. The van der Waals surface area contributed by atoms with Crippen LogP contribution in [-0.4, -0.2) is 5.11 Å². The maximum atomic E-state index is 9.84. The number of hydrogen-bond donors (Lipinski definition) is 1. The molecule has 0 aromatic heterocycles. The summed E-state index contributed by atoms with van der Waals surface area (Å²) in [7, 11) is 0. The number of rotatable bonds is 5. The molecule has 1 nitrogen and oxygen atoms in total. The van der Waals surface area contributed by atoms with Crippen LogP contribution in [0.25, 0.3) is 0 Å². The summed E-state index contributed by atoms with van der Waals surface area (Å²) in [5, 5.41) is 9.84. The quantitative estimate of drug-likeness (QED) is 0.714. The van der Waals surface area contributed by atoms with Gasteiger partial charge in [0, 0.05) is 0 Å². The van der Waals surface area contributed by atoms with Crippen molar-refractivity contribution in [2.45, 2.75) is 52.4 Å². The van der Waals surface area contributed by atoms with E-state index in [1.54, 1.807) is 0 Å². The van der Waals surface area contributed by atoms with Gasteiger partial charge in [-0.2, -0.15) is 0 Å². The minimum Gasteiger partial charge on any atom is -0.508 e. The van der Waals surface area contributed by atoms with E-state index in [9.17, 15) is 5.11 Å². The second-order valence-corrected chi connectivity index (χ2v) is 4.50. The SMILES string of the molecule is CCCCCc1ccc(C(C)C)cc1O. The second-order valence-electron chi connectivity index (χ2n) is 4.50. The Morgan fingerprint density at radius 1 is 1.20 bits per heavy atom. The van der Waals surface area contributed by atoms with Crippen LogP contribution >= 0.6 is 0 Å². The van der Waals surface area contributed by atoms with Crippen LogP contribution in [-0.2, 0) is 6.42 Å². The summed E-state index contributed by atoms with van der Waals surface area (Å²) in [4.78, 5) is 0. The molecular formula is C14H22O. The van der Waals surface area contributed by atoms with Crippen molar-refractivity contribution < 1.29 is 5.11 Å². The number of phenols is 1. The van der Waals surface area contributed by atoms with Gasteiger partial charge in [0.1, 0.15) is 5.75 Å². The van der Waals surface area contributed by atoms with Crippen molar-refractivity contribution in [3.05, 3.63) is 29.3 Å². The number of benzene rings is 1. The maximum absolute atomic E-state index is 9.84. The van der Waals surface area contributed by atoms with E-state index < -0.39 is 0 Å². The zero-order valence-corrected chi connectivity index (χ0v) is 10.1. The molecule has 84 valence electrons. The molecule has 0 saturated heterocycles. The van der Waals surface area contributed by atoms with Gasteiger partial charge >= 0.3 is 0 Å². The Kier molecular flexibility index (Phi) is 4.67.